The van der Waals surface area contributed by atoms with Gasteiger partial charge < -0.3 is 14.6 Å². The normalized spacial score (nSPS) is 16.5. The SMILES string of the molecule is CCN1C(=O)/C(=C\c2cccc(OC)c2OC)SC1=Nc1cccc(C(=O)O)c1. The minimum Gasteiger partial charge on any atom is -0.493 e. The van der Waals surface area contributed by atoms with Gasteiger partial charge in [0, 0.05) is 12.1 Å². The third-order valence-corrected chi connectivity index (χ3v) is 5.25. The van der Waals surface area contributed by atoms with Gasteiger partial charge in [-0.2, -0.15) is 0 Å². The first-order valence-corrected chi connectivity index (χ1v) is 9.64. The molecule has 0 aromatic heterocycles. The lowest BCUT2D eigenvalue weighted by Crippen LogP contribution is -2.28. The number of aliphatic imine (C=N–C) groups is 1. The monoisotopic (exact) mass is 412 g/mol. The van der Waals surface area contributed by atoms with Crippen LogP contribution in [0.1, 0.15) is 22.8 Å². The second-order valence-corrected chi connectivity index (χ2v) is 7.00. The first-order valence-electron chi connectivity index (χ1n) is 8.83. The Labute approximate surface area is 172 Å². The third kappa shape index (κ3) is 4.27. The first-order chi connectivity index (χ1) is 14.0. The largest absolute Gasteiger partial charge is 0.493 e. The van der Waals surface area contributed by atoms with E-state index in [9.17, 15) is 9.59 Å². The summed E-state index contributed by atoms with van der Waals surface area (Å²) in [5.74, 6) is -0.0849. The number of hydrogen-bond acceptors (Lipinski definition) is 6. The van der Waals surface area contributed by atoms with Gasteiger partial charge in [0.05, 0.1) is 30.4 Å². The Morgan fingerprint density at radius 1 is 1.21 bits per heavy atom. The second kappa shape index (κ2) is 8.83. The van der Waals surface area contributed by atoms with Crippen molar-refractivity contribution in [3.8, 4) is 11.5 Å². The number of carbonyl (C=O) groups is 2. The van der Waals surface area contributed by atoms with Gasteiger partial charge in [-0.1, -0.05) is 18.2 Å². The van der Waals surface area contributed by atoms with Gasteiger partial charge in [-0.25, -0.2) is 9.79 Å². The summed E-state index contributed by atoms with van der Waals surface area (Å²) in [5.41, 5.74) is 1.33. The van der Waals surface area contributed by atoms with E-state index < -0.39 is 5.97 Å². The molecule has 1 aliphatic heterocycles. The molecule has 3 rings (SSSR count). The van der Waals surface area contributed by atoms with Gasteiger partial charge in [-0.3, -0.25) is 9.69 Å². The smallest absolute Gasteiger partial charge is 0.335 e. The zero-order chi connectivity index (χ0) is 21.0. The number of nitrogens with zero attached hydrogens (tertiary/aromatic N) is 2. The van der Waals surface area contributed by atoms with Crippen molar-refractivity contribution in [1.82, 2.24) is 4.90 Å². The molecule has 0 bridgehead atoms. The summed E-state index contributed by atoms with van der Waals surface area (Å²) in [7, 11) is 3.10. The number of aromatic carboxylic acids is 1. The standard InChI is InChI=1S/C21H20N2O5S/c1-4-23-19(24)17(12-13-7-6-10-16(27-2)18(13)28-3)29-21(23)22-15-9-5-8-14(11-15)20(25)26/h5-12H,4H2,1-3H3,(H,25,26)/b17-12+,22-21?. The molecule has 0 saturated carbocycles. The van der Waals surface area contributed by atoms with E-state index >= 15 is 0 Å². The maximum Gasteiger partial charge on any atom is 0.335 e. The molecule has 7 nitrogen and oxygen atoms in total. The molecule has 1 aliphatic rings. The quantitative estimate of drug-likeness (QED) is 0.721. The zero-order valence-corrected chi connectivity index (χ0v) is 17.0. The van der Waals surface area contributed by atoms with Crippen molar-refractivity contribution >= 4 is 40.6 Å². The number of likely N-dealkylation sites (N-methyl/N-ethyl adjacent to an activating group) is 1. The Balaban J connectivity index is 1.99. The number of para-hydroxylation sites is 1. The molecule has 1 fully saturated rings. The number of benzene rings is 2. The van der Waals surface area contributed by atoms with Crippen LogP contribution in [-0.2, 0) is 4.79 Å². The van der Waals surface area contributed by atoms with E-state index in [1.165, 1.54) is 23.9 Å². The van der Waals surface area contributed by atoms with Gasteiger partial charge in [0.25, 0.3) is 5.91 Å². The molecule has 1 heterocycles. The van der Waals surface area contributed by atoms with Crippen molar-refractivity contribution in [2.24, 2.45) is 4.99 Å². The van der Waals surface area contributed by atoms with Crippen LogP contribution in [0.2, 0.25) is 0 Å². The molecule has 0 unspecified atom stereocenters. The highest BCUT2D eigenvalue weighted by molar-refractivity contribution is 8.18. The lowest BCUT2D eigenvalue weighted by atomic mass is 10.1. The number of carboxylic acid groups (broad SMARTS) is 1. The minimum atomic E-state index is -1.03. The van der Waals surface area contributed by atoms with E-state index in [1.807, 2.05) is 19.1 Å². The summed E-state index contributed by atoms with van der Waals surface area (Å²) >= 11 is 1.23. The van der Waals surface area contributed by atoms with Crippen molar-refractivity contribution < 1.29 is 24.2 Å². The number of carboxylic acids is 1. The maximum absolute atomic E-state index is 12.9. The predicted octanol–water partition coefficient (Wildman–Crippen LogP) is 4.03. The van der Waals surface area contributed by atoms with Crippen LogP contribution >= 0.6 is 11.8 Å². The number of thioether (sulfide) groups is 1. The number of carbonyl (C=O) groups excluding carboxylic acids is 1. The van der Waals surface area contributed by atoms with Crippen LogP contribution in [0, 0.1) is 0 Å². The number of amides is 1. The average molecular weight is 412 g/mol. The van der Waals surface area contributed by atoms with Gasteiger partial charge in [0.1, 0.15) is 0 Å². The molecule has 150 valence electrons. The van der Waals surface area contributed by atoms with Gasteiger partial charge in [-0.15, -0.1) is 0 Å². The van der Waals surface area contributed by atoms with E-state index in [-0.39, 0.29) is 11.5 Å². The van der Waals surface area contributed by atoms with Crippen LogP contribution in [0.4, 0.5) is 5.69 Å². The topological polar surface area (TPSA) is 88.4 Å². The van der Waals surface area contributed by atoms with Crippen molar-refractivity contribution in [3.05, 3.63) is 58.5 Å². The summed E-state index contributed by atoms with van der Waals surface area (Å²) in [5, 5.41) is 9.65. The molecular weight excluding hydrogens is 392 g/mol. The fraction of sp³-hybridized carbons (Fsp3) is 0.190. The van der Waals surface area contributed by atoms with Crippen LogP contribution < -0.4 is 9.47 Å². The summed E-state index contributed by atoms with van der Waals surface area (Å²) in [6.45, 7) is 2.30. The predicted molar refractivity (Wildman–Crippen MR) is 113 cm³/mol. The molecule has 2 aromatic carbocycles. The van der Waals surface area contributed by atoms with Gasteiger partial charge in [0.15, 0.2) is 16.7 Å². The molecule has 2 aromatic rings. The molecule has 1 amide bonds. The van der Waals surface area contributed by atoms with Crippen LogP contribution in [0.15, 0.2) is 52.4 Å². The molecule has 1 saturated heterocycles. The van der Waals surface area contributed by atoms with Crippen LogP contribution in [0.25, 0.3) is 6.08 Å². The van der Waals surface area contributed by atoms with Crippen molar-refractivity contribution in [1.29, 1.82) is 0 Å². The molecule has 29 heavy (non-hydrogen) atoms. The van der Waals surface area contributed by atoms with Gasteiger partial charge in [0.2, 0.25) is 0 Å². The Kier molecular flexibility index (Phi) is 6.23. The molecule has 0 spiro atoms. The van der Waals surface area contributed by atoms with Crippen molar-refractivity contribution in [3.63, 3.8) is 0 Å². The average Bonchev–Trinajstić information content (AvgIpc) is 3.01. The summed E-state index contributed by atoms with van der Waals surface area (Å²) in [6, 6.07) is 11.7. The first kappa shape index (κ1) is 20.5. The minimum absolute atomic E-state index is 0.140. The number of hydrogen-bond donors (Lipinski definition) is 1. The van der Waals surface area contributed by atoms with Crippen LogP contribution in [-0.4, -0.2) is 47.8 Å². The Morgan fingerprint density at radius 2 is 1.97 bits per heavy atom. The Bertz CT molecular complexity index is 1020. The second-order valence-electron chi connectivity index (χ2n) is 5.99. The molecule has 1 N–H and O–H groups in total. The molecule has 0 aliphatic carbocycles. The van der Waals surface area contributed by atoms with E-state index in [4.69, 9.17) is 14.6 Å². The van der Waals surface area contributed by atoms with E-state index in [0.717, 1.165) is 0 Å². The van der Waals surface area contributed by atoms with Crippen molar-refractivity contribution in [2.75, 3.05) is 20.8 Å². The Morgan fingerprint density at radius 3 is 2.62 bits per heavy atom. The highest BCUT2D eigenvalue weighted by atomic mass is 32.2. The number of rotatable bonds is 6. The maximum atomic E-state index is 12.9. The summed E-state index contributed by atoms with van der Waals surface area (Å²) < 4.78 is 10.7. The number of ether oxygens (including phenoxy) is 2. The number of amidine groups is 1. The highest BCUT2D eigenvalue weighted by Crippen LogP contribution is 2.38. The van der Waals surface area contributed by atoms with Gasteiger partial charge >= 0.3 is 5.97 Å². The Hall–Kier alpha value is -3.26. The number of methoxy groups -OCH3 is 2. The zero-order valence-electron chi connectivity index (χ0n) is 16.2. The molecular formula is C21H20N2O5S. The van der Waals surface area contributed by atoms with Crippen LogP contribution in [0.3, 0.4) is 0 Å². The van der Waals surface area contributed by atoms with E-state index in [0.29, 0.717) is 39.4 Å². The summed E-state index contributed by atoms with van der Waals surface area (Å²) in [4.78, 5) is 30.6. The van der Waals surface area contributed by atoms with Gasteiger partial charge in [-0.05, 0) is 49.0 Å². The van der Waals surface area contributed by atoms with Crippen molar-refractivity contribution in [2.45, 2.75) is 6.92 Å². The molecule has 8 heteroatoms. The fourth-order valence-corrected chi connectivity index (χ4v) is 3.91. The lowest BCUT2D eigenvalue weighted by molar-refractivity contribution is -0.122. The molecule has 0 atom stereocenters. The fourth-order valence-electron chi connectivity index (χ4n) is 2.86. The van der Waals surface area contributed by atoms with Crippen LogP contribution in [0.5, 0.6) is 11.5 Å². The highest BCUT2D eigenvalue weighted by Gasteiger charge is 2.32. The molecule has 0 radical (unpaired) electrons. The summed E-state index contributed by atoms with van der Waals surface area (Å²) in [6.07, 6.45) is 1.74. The lowest BCUT2D eigenvalue weighted by Gasteiger charge is -2.12. The third-order valence-electron chi connectivity index (χ3n) is 4.24. The van der Waals surface area contributed by atoms with E-state index in [2.05, 4.69) is 4.99 Å². The van der Waals surface area contributed by atoms with E-state index in [1.54, 1.807) is 43.4 Å².